The second kappa shape index (κ2) is 12.9. The monoisotopic (exact) mass is 364 g/mol. The highest BCUT2D eigenvalue weighted by molar-refractivity contribution is 9.09. The van der Waals surface area contributed by atoms with Gasteiger partial charge in [0.05, 0.1) is 6.10 Å². The lowest BCUT2D eigenvalue weighted by Gasteiger charge is -2.29. The molecule has 1 aliphatic carbocycles. The van der Waals surface area contributed by atoms with Crippen molar-refractivity contribution >= 4 is 15.9 Å². The third-order valence-electron chi connectivity index (χ3n) is 4.48. The summed E-state index contributed by atoms with van der Waals surface area (Å²) in [6.45, 7) is 3.01. The van der Waals surface area contributed by atoms with Gasteiger partial charge in [-0.3, -0.25) is 0 Å². The quantitative estimate of drug-likeness (QED) is 0.280. The van der Waals surface area contributed by atoms with Crippen LogP contribution >= 0.6 is 15.9 Å². The molecule has 1 rings (SSSR count). The van der Waals surface area contributed by atoms with Gasteiger partial charge in [0.15, 0.2) is 0 Å². The molecule has 0 aromatic rings. The molecular weight excluding hydrogens is 331 g/mol. The van der Waals surface area contributed by atoms with Crippen LogP contribution in [0.2, 0.25) is 0 Å². The molecule has 1 fully saturated rings. The van der Waals surface area contributed by atoms with Crippen LogP contribution < -0.4 is 0 Å². The van der Waals surface area contributed by atoms with Gasteiger partial charge in [-0.25, -0.2) is 4.39 Å². The van der Waals surface area contributed by atoms with E-state index in [4.69, 9.17) is 4.74 Å². The first-order chi connectivity index (χ1) is 10.2. The van der Waals surface area contributed by atoms with Crippen molar-refractivity contribution in [2.75, 3.05) is 6.61 Å². The Balaban J connectivity index is 1.82. The SMILES string of the molecule is CCCCCCCCCCCCOC1CCC(Br)CC1F. The summed E-state index contributed by atoms with van der Waals surface area (Å²) in [6, 6.07) is 0. The molecule has 0 aliphatic heterocycles. The summed E-state index contributed by atoms with van der Waals surface area (Å²) >= 11 is 3.50. The topological polar surface area (TPSA) is 9.23 Å². The standard InChI is InChI=1S/C18H34BrFO/c1-2-3-4-5-6-7-8-9-10-11-14-21-18-13-12-16(19)15-17(18)20/h16-18H,2-15H2,1H3. The second-order valence-electron chi connectivity index (χ2n) is 6.52. The van der Waals surface area contributed by atoms with Crippen LogP contribution in [0.4, 0.5) is 4.39 Å². The molecule has 126 valence electrons. The van der Waals surface area contributed by atoms with Crippen molar-refractivity contribution in [1.29, 1.82) is 0 Å². The molecule has 0 saturated heterocycles. The van der Waals surface area contributed by atoms with Gasteiger partial charge in [-0.15, -0.1) is 0 Å². The molecule has 0 N–H and O–H groups in total. The van der Waals surface area contributed by atoms with Crippen LogP contribution in [0.15, 0.2) is 0 Å². The summed E-state index contributed by atoms with van der Waals surface area (Å²) in [5.74, 6) is 0. The Hall–Kier alpha value is 0.370. The highest BCUT2D eigenvalue weighted by Crippen LogP contribution is 2.28. The highest BCUT2D eigenvalue weighted by Gasteiger charge is 2.29. The predicted molar refractivity (Wildman–Crippen MR) is 93.0 cm³/mol. The van der Waals surface area contributed by atoms with E-state index >= 15 is 0 Å². The third-order valence-corrected chi connectivity index (χ3v) is 5.31. The molecule has 0 spiro atoms. The number of hydrogen-bond acceptors (Lipinski definition) is 1. The van der Waals surface area contributed by atoms with E-state index in [0.29, 0.717) is 11.2 Å². The highest BCUT2D eigenvalue weighted by atomic mass is 79.9. The van der Waals surface area contributed by atoms with Gasteiger partial charge in [0.1, 0.15) is 6.17 Å². The number of halogens is 2. The zero-order valence-electron chi connectivity index (χ0n) is 13.8. The molecule has 0 heterocycles. The molecule has 1 nitrogen and oxygen atoms in total. The van der Waals surface area contributed by atoms with Crippen molar-refractivity contribution in [3.63, 3.8) is 0 Å². The normalized spacial score (nSPS) is 26.1. The predicted octanol–water partition coefficient (Wildman–Crippen LogP) is 6.58. The van der Waals surface area contributed by atoms with E-state index in [0.717, 1.165) is 25.9 Å². The zero-order chi connectivity index (χ0) is 15.3. The molecule has 3 heteroatoms. The summed E-state index contributed by atoms with van der Waals surface area (Å²) in [6.07, 6.45) is 14.9. The third kappa shape index (κ3) is 9.89. The lowest BCUT2D eigenvalue weighted by atomic mass is 9.96. The van der Waals surface area contributed by atoms with E-state index in [9.17, 15) is 4.39 Å². The number of rotatable bonds is 12. The van der Waals surface area contributed by atoms with Gasteiger partial charge in [-0.2, -0.15) is 0 Å². The van der Waals surface area contributed by atoms with Crippen molar-refractivity contribution in [3.05, 3.63) is 0 Å². The maximum atomic E-state index is 13.7. The van der Waals surface area contributed by atoms with Crippen molar-refractivity contribution in [2.45, 2.75) is 107 Å². The van der Waals surface area contributed by atoms with Gasteiger partial charge < -0.3 is 4.74 Å². The first kappa shape index (κ1) is 19.4. The summed E-state index contributed by atoms with van der Waals surface area (Å²) in [7, 11) is 0. The van der Waals surface area contributed by atoms with E-state index in [1.807, 2.05) is 0 Å². The molecule has 1 saturated carbocycles. The van der Waals surface area contributed by atoms with Gasteiger partial charge in [0.2, 0.25) is 0 Å². The molecule has 0 radical (unpaired) electrons. The van der Waals surface area contributed by atoms with Crippen LogP contribution in [0, 0.1) is 0 Å². The Bertz CT molecular complexity index is 237. The molecule has 1 aliphatic rings. The molecule has 21 heavy (non-hydrogen) atoms. The Morgan fingerprint density at radius 1 is 0.905 bits per heavy atom. The van der Waals surface area contributed by atoms with E-state index in [2.05, 4.69) is 22.9 Å². The first-order valence-corrected chi connectivity index (χ1v) is 10.0. The van der Waals surface area contributed by atoms with Gasteiger partial charge in [0, 0.05) is 11.4 Å². The minimum Gasteiger partial charge on any atom is -0.375 e. The van der Waals surface area contributed by atoms with Crippen LogP contribution in [0.5, 0.6) is 0 Å². The average Bonchev–Trinajstić information content (AvgIpc) is 2.46. The van der Waals surface area contributed by atoms with E-state index in [-0.39, 0.29) is 6.10 Å². The summed E-state index contributed by atoms with van der Waals surface area (Å²) < 4.78 is 19.5. The minimum absolute atomic E-state index is 0.141. The number of alkyl halides is 2. The van der Waals surface area contributed by atoms with Gasteiger partial charge >= 0.3 is 0 Å². The van der Waals surface area contributed by atoms with E-state index in [1.165, 1.54) is 57.8 Å². The van der Waals surface area contributed by atoms with Crippen LogP contribution in [-0.4, -0.2) is 23.7 Å². The molecule has 0 amide bonds. The smallest absolute Gasteiger partial charge is 0.127 e. The van der Waals surface area contributed by atoms with Crippen molar-refractivity contribution in [3.8, 4) is 0 Å². The minimum atomic E-state index is -0.772. The fourth-order valence-electron chi connectivity index (χ4n) is 3.05. The molecule has 3 unspecified atom stereocenters. The Kier molecular flexibility index (Phi) is 11.9. The van der Waals surface area contributed by atoms with Crippen LogP contribution in [0.3, 0.4) is 0 Å². The largest absolute Gasteiger partial charge is 0.375 e. The number of hydrogen-bond donors (Lipinski definition) is 0. The van der Waals surface area contributed by atoms with Crippen molar-refractivity contribution in [1.82, 2.24) is 0 Å². The lowest BCUT2D eigenvalue weighted by Crippen LogP contribution is -2.33. The van der Waals surface area contributed by atoms with Crippen molar-refractivity contribution < 1.29 is 9.13 Å². The van der Waals surface area contributed by atoms with Gasteiger partial charge in [-0.1, -0.05) is 80.6 Å². The average molecular weight is 365 g/mol. The summed E-state index contributed by atoms with van der Waals surface area (Å²) in [5, 5.41) is 0. The van der Waals surface area contributed by atoms with Gasteiger partial charge in [-0.05, 0) is 25.7 Å². The van der Waals surface area contributed by atoms with Gasteiger partial charge in [0.25, 0.3) is 0 Å². The van der Waals surface area contributed by atoms with Crippen molar-refractivity contribution in [2.24, 2.45) is 0 Å². The van der Waals surface area contributed by atoms with Crippen LogP contribution in [0.25, 0.3) is 0 Å². The molecule has 3 atom stereocenters. The molecule has 0 bridgehead atoms. The maximum absolute atomic E-state index is 13.7. The molecule has 0 aromatic carbocycles. The molecule has 0 aromatic heterocycles. The Morgan fingerprint density at radius 3 is 2.05 bits per heavy atom. The number of ether oxygens (including phenoxy) is 1. The van der Waals surface area contributed by atoms with Crippen LogP contribution in [0.1, 0.15) is 90.4 Å². The zero-order valence-corrected chi connectivity index (χ0v) is 15.4. The van der Waals surface area contributed by atoms with E-state index < -0.39 is 6.17 Å². The summed E-state index contributed by atoms with van der Waals surface area (Å²) in [5.41, 5.74) is 0. The maximum Gasteiger partial charge on any atom is 0.127 e. The molecular formula is C18H34BrFO. The second-order valence-corrected chi connectivity index (χ2v) is 7.81. The van der Waals surface area contributed by atoms with Crippen LogP contribution in [-0.2, 0) is 4.74 Å². The fraction of sp³-hybridized carbons (Fsp3) is 1.00. The Labute approximate surface area is 139 Å². The Morgan fingerprint density at radius 2 is 1.48 bits per heavy atom. The van der Waals surface area contributed by atoms with E-state index in [1.54, 1.807) is 0 Å². The summed E-state index contributed by atoms with van der Waals surface area (Å²) in [4.78, 5) is 0.352. The first-order valence-electron chi connectivity index (χ1n) is 9.13. The fourth-order valence-corrected chi connectivity index (χ4v) is 3.67. The lowest BCUT2D eigenvalue weighted by molar-refractivity contribution is -0.0238. The number of unbranched alkanes of at least 4 members (excludes halogenated alkanes) is 9.